The number of hydrogen-bond donors (Lipinski definition) is 0. The van der Waals surface area contributed by atoms with Crippen LogP contribution in [-0.2, 0) is 5.41 Å². The second kappa shape index (κ2) is 8.18. The molecular weight excluding hydrogens is 533 g/mol. The highest BCUT2D eigenvalue weighted by atomic mass is 32.2. The van der Waals surface area contributed by atoms with E-state index in [1.807, 2.05) is 23.1 Å². The summed E-state index contributed by atoms with van der Waals surface area (Å²) in [6, 6.07) is 41.3. The molecule has 10 rings (SSSR count). The third-order valence-corrected chi connectivity index (χ3v) is 12.4. The maximum Gasteiger partial charge on any atom is 0.246 e. The lowest BCUT2D eigenvalue weighted by molar-refractivity contribution is 0.554. The number of fused-ring (bicyclic) bond motifs is 11. The fraction of sp³-hybridized carbons (Fsp3) is 0.135. The van der Waals surface area contributed by atoms with Gasteiger partial charge in [0.2, 0.25) is 6.71 Å². The molecule has 41 heavy (non-hydrogen) atoms. The van der Waals surface area contributed by atoms with Crippen LogP contribution in [-0.4, -0.2) is 6.71 Å². The van der Waals surface area contributed by atoms with Crippen molar-refractivity contribution in [2.75, 3.05) is 4.90 Å². The van der Waals surface area contributed by atoms with E-state index in [4.69, 9.17) is 0 Å². The molecule has 0 amide bonds. The maximum atomic E-state index is 2.65. The molecule has 0 bridgehead atoms. The quantitative estimate of drug-likeness (QED) is 0.185. The zero-order valence-corrected chi connectivity index (χ0v) is 24.2. The van der Waals surface area contributed by atoms with Gasteiger partial charge in [-0.15, -0.1) is 11.3 Å². The minimum absolute atomic E-state index is 0.0760. The van der Waals surface area contributed by atoms with E-state index in [0.717, 1.165) is 0 Å². The van der Waals surface area contributed by atoms with Gasteiger partial charge in [-0.1, -0.05) is 108 Å². The minimum Gasteiger partial charge on any atom is -0.311 e. The summed E-state index contributed by atoms with van der Waals surface area (Å²) in [5.74, 6) is 0. The van der Waals surface area contributed by atoms with E-state index in [-0.39, 0.29) is 12.1 Å². The van der Waals surface area contributed by atoms with Gasteiger partial charge in [0.05, 0.1) is 0 Å². The molecule has 0 atom stereocenters. The summed E-state index contributed by atoms with van der Waals surface area (Å²) in [7, 11) is 0. The highest BCUT2D eigenvalue weighted by Gasteiger charge is 2.56. The summed E-state index contributed by atoms with van der Waals surface area (Å²) in [6.07, 6.45) is 5.07. The topological polar surface area (TPSA) is 3.24 Å². The van der Waals surface area contributed by atoms with E-state index in [2.05, 4.69) is 114 Å². The van der Waals surface area contributed by atoms with Crippen LogP contribution in [0.2, 0.25) is 0 Å². The van der Waals surface area contributed by atoms with Crippen molar-refractivity contribution in [2.45, 2.75) is 40.9 Å². The first-order valence-electron chi connectivity index (χ1n) is 14.8. The number of rotatable bonds is 1. The Balaban J connectivity index is 1.41. The Hall–Kier alpha value is -3.73. The number of hydrogen-bond acceptors (Lipinski definition) is 3. The maximum absolute atomic E-state index is 2.65. The number of allylic oxidation sites excluding steroid dienone is 1. The number of anilines is 2. The minimum atomic E-state index is 0.0760. The Morgan fingerprint density at radius 3 is 2.37 bits per heavy atom. The van der Waals surface area contributed by atoms with Crippen molar-refractivity contribution < 1.29 is 0 Å². The fourth-order valence-electron chi connectivity index (χ4n) is 8.55. The Morgan fingerprint density at radius 1 is 0.683 bits per heavy atom. The van der Waals surface area contributed by atoms with E-state index in [1.165, 1.54) is 89.2 Å². The first-order valence-corrected chi connectivity index (χ1v) is 16.4. The molecule has 0 N–H and O–H groups in total. The summed E-state index contributed by atoms with van der Waals surface area (Å²) in [5, 5.41) is 2.78. The predicted octanol–water partition coefficient (Wildman–Crippen LogP) is 9.06. The van der Waals surface area contributed by atoms with Crippen molar-refractivity contribution in [3.8, 4) is 0 Å². The Bertz CT molecular complexity index is 2100. The first-order chi connectivity index (χ1) is 20.3. The Morgan fingerprint density at radius 2 is 1.46 bits per heavy atom. The molecule has 2 aliphatic heterocycles. The smallest absolute Gasteiger partial charge is 0.246 e. The Kier molecular flexibility index (Phi) is 4.57. The van der Waals surface area contributed by atoms with Crippen LogP contribution in [0, 0.1) is 0 Å². The van der Waals surface area contributed by atoms with Gasteiger partial charge < -0.3 is 4.90 Å². The van der Waals surface area contributed by atoms with Crippen molar-refractivity contribution in [1.82, 2.24) is 0 Å². The number of nitrogens with zero attached hydrogens (tertiary/aromatic N) is 1. The van der Waals surface area contributed by atoms with Crippen molar-refractivity contribution in [3.63, 3.8) is 0 Å². The van der Waals surface area contributed by atoms with Gasteiger partial charge in [-0.05, 0) is 60.3 Å². The molecule has 4 aliphatic rings. The lowest BCUT2D eigenvalue weighted by atomic mass is 9.31. The van der Waals surface area contributed by atoms with Gasteiger partial charge >= 0.3 is 0 Å². The molecule has 1 aromatic heterocycles. The zero-order chi connectivity index (χ0) is 26.7. The fourth-order valence-corrected chi connectivity index (χ4v) is 11.0. The average molecular weight is 560 g/mol. The lowest BCUT2D eigenvalue weighted by Gasteiger charge is -2.43. The molecule has 1 saturated carbocycles. The highest BCUT2D eigenvalue weighted by Crippen LogP contribution is 2.62. The zero-order valence-electron chi connectivity index (χ0n) is 22.6. The van der Waals surface area contributed by atoms with Crippen molar-refractivity contribution in [2.24, 2.45) is 0 Å². The largest absolute Gasteiger partial charge is 0.311 e. The van der Waals surface area contributed by atoms with Crippen LogP contribution in [0.15, 0.2) is 124 Å². The van der Waals surface area contributed by atoms with Gasteiger partial charge in [-0.2, -0.15) is 0 Å². The lowest BCUT2D eigenvalue weighted by Crippen LogP contribution is -2.56. The van der Waals surface area contributed by atoms with E-state index in [0.29, 0.717) is 0 Å². The highest BCUT2D eigenvalue weighted by molar-refractivity contribution is 8.00. The number of benzene rings is 5. The third-order valence-electron chi connectivity index (χ3n) is 10.1. The van der Waals surface area contributed by atoms with Crippen molar-refractivity contribution in [3.05, 3.63) is 126 Å². The second-order valence-corrected chi connectivity index (χ2v) is 14.1. The van der Waals surface area contributed by atoms with Gasteiger partial charge in [-0.3, -0.25) is 0 Å². The molecule has 4 heteroatoms. The summed E-state index contributed by atoms with van der Waals surface area (Å²) >= 11 is 3.94. The Labute approximate surface area is 248 Å². The van der Waals surface area contributed by atoms with Crippen LogP contribution < -0.4 is 15.8 Å². The predicted molar refractivity (Wildman–Crippen MR) is 177 cm³/mol. The summed E-state index contributed by atoms with van der Waals surface area (Å²) in [6.45, 7) is 0.281. The first kappa shape index (κ1) is 22.9. The number of para-hydroxylation sites is 1. The van der Waals surface area contributed by atoms with Gasteiger partial charge in [-0.25, -0.2) is 0 Å². The van der Waals surface area contributed by atoms with Gasteiger partial charge in [0.1, 0.15) is 0 Å². The molecule has 1 fully saturated rings. The number of thiophene rings is 1. The van der Waals surface area contributed by atoms with E-state index in [9.17, 15) is 0 Å². The monoisotopic (exact) mass is 559 g/mol. The van der Waals surface area contributed by atoms with Gasteiger partial charge in [0, 0.05) is 58.0 Å². The average Bonchev–Trinajstić information content (AvgIpc) is 3.73. The van der Waals surface area contributed by atoms with Crippen LogP contribution in [0.5, 0.6) is 0 Å². The third kappa shape index (κ3) is 2.85. The van der Waals surface area contributed by atoms with Crippen molar-refractivity contribution >= 4 is 78.0 Å². The van der Waals surface area contributed by atoms with Crippen LogP contribution in [0.4, 0.5) is 11.4 Å². The molecule has 0 radical (unpaired) electrons. The molecule has 1 spiro atoms. The molecule has 0 unspecified atom stereocenters. The summed E-state index contributed by atoms with van der Waals surface area (Å²) in [5.41, 5.74) is 11.9. The standard InChI is InChI=1S/C37H26BNS2/c1-2-11-23(12-3-1)39-28-15-10-18-31-33(28)38(27-14-5-7-17-30(27)40-31)36-34(39)32-26(37(36)21-8-9-22-37)20-19-25-24-13-4-6-16-29(24)41-35(25)32/h1-7,10-20H,8-9,21-22H2. The summed E-state index contributed by atoms with van der Waals surface area (Å²) < 4.78 is 2.84. The van der Waals surface area contributed by atoms with Crippen LogP contribution in [0.25, 0.3) is 25.9 Å². The van der Waals surface area contributed by atoms with E-state index in [1.54, 1.807) is 11.0 Å². The molecule has 0 saturated heterocycles. The normalized spacial score (nSPS) is 17.8. The SMILES string of the molecule is c1ccc(N2C3=C(B4c5ccccc5Sc5cccc2c54)C2(CCCC2)c2ccc4c(sc5ccccc54)c23)cc1. The van der Waals surface area contributed by atoms with E-state index >= 15 is 0 Å². The molecule has 3 heterocycles. The van der Waals surface area contributed by atoms with Crippen LogP contribution in [0.3, 0.4) is 0 Å². The van der Waals surface area contributed by atoms with Gasteiger partial charge in [0.25, 0.3) is 0 Å². The van der Waals surface area contributed by atoms with Crippen molar-refractivity contribution in [1.29, 1.82) is 0 Å². The van der Waals surface area contributed by atoms with Crippen LogP contribution >= 0.6 is 23.1 Å². The molecule has 6 aromatic rings. The molecule has 2 aliphatic carbocycles. The van der Waals surface area contributed by atoms with Crippen LogP contribution in [0.1, 0.15) is 36.8 Å². The molecule has 5 aromatic carbocycles. The molecule has 194 valence electrons. The summed E-state index contributed by atoms with van der Waals surface area (Å²) in [4.78, 5) is 5.47. The second-order valence-electron chi connectivity index (χ2n) is 11.9. The van der Waals surface area contributed by atoms with E-state index < -0.39 is 0 Å². The molecule has 1 nitrogen and oxygen atoms in total. The molecular formula is C37H26BNS2. The van der Waals surface area contributed by atoms with Gasteiger partial charge in [0.15, 0.2) is 0 Å².